The Morgan fingerprint density at radius 3 is 2.48 bits per heavy atom. The molecule has 9 heteroatoms. The monoisotopic (exact) mass is 435 g/mol. The Morgan fingerprint density at radius 2 is 1.74 bits per heavy atom. The number of amides is 2. The van der Waals surface area contributed by atoms with Crippen molar-refractivity contribution in [2.24, 2.45) is 0 Å². The molecule has 0 saturated heterocycles. The highest BCUT2D eigenvalue weighted by Gasteiger charge is 2.18. The Hall–Kier alpha value is -3.78. The lowest BCUT2D eigenvalue weighted by atomic mass is 10.1. The van der Waals surface area contributed by atoms with E-state index in [4.69, 9.17) is 11.6 Å². The predicted octanol–water partition coefficient (Wildman–Crippen LogP) is 3.00. The van der Waals surface area contributed by atoms with Gasteiger partial charge in [0.15, 0.2) is 5.69 Å². The molecule has 2 heterocycles. The van der Waals surface area contributed by atoms with Crippen LogP contribution in [0.3, 0.4) is 0 Å². The average molecular weight is 436 g/mol. The van der Waals surface area contributed by atoms with Gasteiger partial charge < -0.3 is 0 Å². The van der Waals surface area contributed by atoms with E-state index in [1.807, 2.05) is 0 Å². The normalized spacial score (nSPS) is 10.9. The summed E-state index contributed by atoms with van der Waals surface area (Å²) in [7, 11) is 0. The second-order valence-corrected chi connectivity index (χ2v) is 7.32. The molecule has 8 nitrogen and oxygen atoms in total. The summed E-state index contributed by atoms with van der Waals surface area (Å²) in [6.07, 6.45) is 0. The molecular weight excluding hydrogens is 418 g/mol. The van der Waals surface area contributed by atoms with E-state index in [1.165, 1.54) is 4.68 Å². The summed E-state index contributed by atoms with van der Waals surface area (Å²) in [6.45, 7) is 3.77. The first-order valence-electron chi connectivity index (χ1n) is 9.56. The van der Waals surface area contributed by atoms with Gasteiger partial charge in [-0.3, -0.25) is 30.2 Å². The number of hydrogen-bond donors (Lipinski definition) is 2. The van der Waals surface area contributed by atoms with E-state index < -0.39 is 11.8 Å². The first-order chi connectivity index (χ1) is 14.9. The van der Waals surface area contributed by atoms with E-state index in [0.29, 0.717) is 44.5 Å². The Balaban J connectivity index is 1.62. The standard InChI is InChI=1S/C22H18ClN5O3/c1-3-28-22(31)16-7-5-4-6-15(16)19(27-28)21(30)26-25-20(29)17-11-13-10-14(23)8-9-18(13)24-12(17)2/h4-11H,3H2,1-2H3,(H,25,29)(H,26,30). The number of nitrogens with one attached hydrogen (secondary N) is 2. The maximum Gasteiger partial charge on any atom is 0.290 e. The number of benzene rings is 2. The molecule has 4 rings (SSSR count). The fourth-order valence-corrected chi connectivity index (χ4v) is 3.51. The highest BCUT2D eigenvalue weighted by molar-refractivity contribution is 6.31. The molecular formula is C22H18ClN5O3. The van der Waals surface area contributed by atoms with Crippen LogP contribution in [0, 0.1) is 6.92 Å². The summed E-state index contributed by atoms with van der Waals surface area (Å²) in [5.74, 6) is -1.17. The van der Waals surface area contributed by atoms with Crippen molar-refractivity contribution in [1.82, 2.24) is 25.6 Å². The maximum absolute atomic E-state index is 12.8. The lowest BCUT2D eigenvalue weighted by molar-refractivity contribution is 0.0843. The zero-order valence-corrected chi connectivity index (χ0v) is 17.5. The fourth-order valence-electron chi connectivity index (χ4n) is 3.33. The van der Waals surface area contributed by atoms with Crippen molar-refractivity contribution in [3.8, 4) is 0 Å². The quantitative estimate of drug-likeness (QED) is 0.481. The van der Waals surface area contributed by atoms with E-state index in [9.17, 15) is 14.4 Å². The minimum Gasteiger partial charge on any atom is -0.267 e. The molecule has 2 amide bonds. The van der Waals surface area contributed by atoms with E-state index in [-0.39, 0.29) is 11.3 Å². The van der Waals surface area contributed by atoms with Gasteiger partial charge in [-0.15, -0.1) is 0 Å². The second kappa shape index (κ2) is 8.16. The number of halogens is 1. The van der Waals surface area contributed by atoms with Crippen LogP contribution < -0.4 is 16.4 Å². The van der Waals surface area contributed by atoms with Crippen molar-refractivity contribution in [1.29, 1.82) is 0 Å². The third-order valence-electron chi connectivity index (χ3n) is 4.88. The van der Waals surface area contributed by atoms with Crippen molar-refractivity contribution >= 4 is 45.1 Å². The van der Waals surface area contributed by atoms with Crippen LogP contribution in [0.25, 0.3) is 21.7 Å². The van der Waals surface area contributed by atoms with Crippen molar-refractivity contribution in [2.45, 2.75) is 20.4 Å². The number of aromatic nitrogens is 3. The molecule has 31 heavy (non-hydrogen) atoms. The lowest BCUT2D eigenvalue weighted by Crippen LogP contribution is -2.43. The second-order valence-electron chi connectivity index (χ2n) is 6.88. The van der Waals surface area contributed by atoms with Gasteiger partial charge in [0.25, 0.3) is 17.4 Å². The van der Waals surface area contributed by atoms with Crippen LogP contribution >= 0.6 is 11.6 Å². The molecule has 0 aliphatic rings. The topological polar surface area (TPSA) is 106 Å². The molecule has 2 aromatic heterocycles. The van der Waals surface area contributed by atoms with Gasteiger partial charge in [-0.25, -0.2) is 4.68 Å². The van der Waals surface area contributed by atoms with Gasteiger partial charge in [0.1, 0.15) is 0 Å². The predicted molar refractivity (Wildman–Crippen MR) is 118 cm³/mol. The molecule has 156 valence electrons. The molecule has 0 bridgehead atoms. The summed E-state index contributed by atoms with van der Waals surface area (Å²) < 4.78 is 1.21. The largest absolute Gasteiger partial charge is 0.290 e. The summed E-state index contributed by atoms with van der Waals surface area (Å²) in [4.78, 5) is 42.3. The number of hydrogen-bond acceptors (Lipinski definition) is 5. The van der Waals surface area contributed by atoms with Crippen LogP contribution in [0.4, 0.5) is 0 Å². The zero-order chi connectivity index (χ0) is 22.1. The van der Waals surface area contributed by atoms with Crippen LogP contribution in [0.15, 0.2) is 53.3 Å². The van der Waals surface area contributed by atoms with E-state index in [0.717, 1.165) is 0 Å². The molecule has 0 unspecified atom stereocenters. The third-order valence-corrected chi connectivity index (χ3v) is 5.12. The number of pyridine rings is 1. The number of rotatable bonds is 3. The molecule has 0 aliphatic carbocycles. The highest BCUT2D eigenvalue weighted by Crippen LogP contribution is 2.20. The van der Waals surface area contributed by atoms with Gasteiger partial charge in [0.2, 0.25) is 0 Å². The number of carbonyl (C=O) groups is 2. The summed E-state index contributed by atoms with van der Waals surface area (Å²) in [6, 6.07) is 13.6. The molecule has 0 atom stereocenters. The first-order valence-corrected chi connectivity index (χ1v) is 9.94. The van der Waals surface area contributed by atoms with Crippen LogP contribution in [-0.4, -0.2) is 26.6 Å². The van der Waals surface area contributed by atoms with Crippen molar-refractivity contribution in [3.63, 3.8) is 0 Å². The van der Waals surface area contributed by atoms with Gasteiger partial charge in [-0.2, -0.15) is 5.10 Å². The van der Waals surface area contributed by atoms with Crippen LogP contribution in [0.1, 0.15) is 33.5 Å². The van der Waals surface area contributed by atoms with Crippen LogP contribution in [0.2, 0.25) is 5.02 Å². The Morgan fingerprint density at radius 1 is 1.03 bits per heavy atom. The van der Waals surface area contributed by atoms with Gasteiger partial charge in [0.05, 0.1) is 22.2 Å². The maximum atomic E-state index is 12.8. The molecule has 4 aromatic rings. The first kappa shape index (κ1) is 20.5. The third kappa shape index (κ3) is 3.85. The van der Waals surface area contributed by atoms with E-state index in [2.05, 4.69) is 20.9 Å². The number of hydrazine groups is 1. The van der Waals surface area contributed by atoms with Crippen molar-refractivity contribution < 1.29 is 9.59 Å². The lowest BCUT2D eigenvalue weighted by Gasteiger charge is -2.12. The molecule has 0 saturated carbocycles. The van der Waals surface area contributed by atoms with Crippen molar-refractivity contribution in [3.05, 3.63) is 80.9 Å². The van der Waals surface area contributed by atoms with Gasteiger partial charge in [-0.05, 0) is 44.2 Å². The van der Waals surface area contributed by atoms with Gasteiger partial charge in [-0.1, -0.05) is 29.8 Å². The minimum atomic E-state index is -0.638. The summed E-state index contributed by atoms with van der Waals surface area (Å²) in [5, 5.41) is 6.17. The van der Waals surface area contributed by atoms with Gasteiger partial charge in [0, 0.05) is 22.3 Å². The Bertz CT molecular complexity index is 1410. The SMILES string of the molecule is CCn1nc(C(=O)NNC(=O)c2cc3cc(Cl)ccc3nc2C)c2ccccc2c1=O. The summed E-state index contributed by atoms with van der Waals surface area (Å²) in [5.41, 5.74) is 6.04. The number of nitrogens with zero attached hydrogens (tertiary/aromatic N) is 3. The average Bonchev–Trinajstić information content (AvgIpc) is 2.77. The fraction of sp³-hybridized carbons (Fsp3) is 0.136. The number of aryl methyl sites for hydroxylation is 2. The molecule has 0 spiro atoms. The Kier molecular flexibility index (Phi) is 5.39. The zero-order valence-electron chi connectivity index (χ0n) is 16.8. The van der Waals surface area contributed by atoms with Crippen LogP contribution in [0.5, 0.6) is 0 Å². The molecule has 0 aliphatic heterocycles. The minimum absolute atomic E-state index is 0.0393. The van der Waals surface area contributed by atoms with Crippen LogP contribution in [-0.2, 0) is 6.54 Å². The number of carbonyl (C=O) groups excluding carboxylic acids is 2. The smallest absolute Gasteiger partial charge is 0.267 e. The Labute approximate surface area is 181 Å². The molecule has 0 radical (unpaired) electrons. The molecule has 2 N–H and O–H groups in total. The molecule has 0 fully saturated rings. The summed E-state index contributed by atoms with van der Waals surface area (Å²) >= 11 is 6.03. The molecule has 2 aromatic carbocycles. The van der Waals surface area contributed by atoms with E-state index >= 15 is 0 Å². The van der Waals surface area contributed by atoms with Crippen molar-refractivity contribution in [2.75, 3.05) is 0 Å². The van der Waals surface area contributed by atoms with E-state index in [1.54, 1.807) is 62.4 Å². The highest BCUT2D eigenvalue weighted by atomic mass is 35.5. The number of fused-ring (bicyclic) bond motifs is 2. The van der Waals surface area contributed by atoms with Gasteiger partial charge >= 0.3 is 0 Å².